The largest absolute Gasteiger partial charge is 0.352 e. The van der Waals surface area contributed by atoms with Gasteiger partial charge in [0, 0.05) is 6.54 Å². The van der Waals surface area contributed by atoms with Crippen LogP contribution >= 0.6 is 23.4 Å². The molecule has 2 aromatic carbocycles. The first kappa shape index (κ1) is 24.3. The van der Waals surface area contributed by atoms with Crippen molar-refractivity contribution in [2.24, 2.45) is 0 Å². The zero-order valence-electron chi connectivity index (χ0n) is 17.9. The number of benzene rings is 2. The molecule has 0 aliphatic carbocycles. The number of hydrogen-bond donors (Lipinski definition) is 2. The summed E-state index contributed by atoms with van der Waals surface area (Å²) in [5.74, 6) is 0.226. The lowest BCUT2D eigenvalue weighted by Gasteiger charge is -2.26. The zero-order chi connectivity index (χ0) is 22.1. The van der Waals surface area contributed by atoms with E-state index in [0.29, 0.717) is 23.6 Å². The van der Waals surface area contributed by atoms with Crippen LogP contribution < -0.4 is 10.6 Å². The van der Waals surface area contributed by atoms with Crippen LogP contribution in [-0.4, -0.2) is 55.4 Å². The van der Waals surface area contributed by atoms with Gasteiger partial charge >= 0.3 is 0 Å². The first-order valence-electron chi connectivity index (χ1n) is 9.88. The van der Waals surface area contributed by atoms with Gasteiger partial charge in [-0.15, -0.1) is 0 Å². The molecule has 30 heavy (non-hydrogen) atoms. The average molecular weight is 448 g/mol. The second-order valence-electron chi connectivity index (χ2n) is 7.42. The van der Waals surface area contributed by atoms with Crippen molar-refractivity contribution < 1.29 is 9.59 Å². The first-order valence-corrected chi connectivity index (χ1v) is 11.7. The van der Waals surface area contributed by atoms with E-state index in [9.17, 15) is 9.59 Å². The highest BCUT2D eigenvalue weighted by molar-refractivity contribution is 7.98. The zero-order valence-corrected chi connectivity index (χ0v) is 19.5. The minimum Gasteiger partial charge on any atom is -0.352 e. The number of aryl methyl sites for hydroxylation is 1. The molecule has 2 atom stereocenters. The Morgan fingerprint density at radius 2 is 1.77 bits per heavy atom. The van der Waals surface area contributed by atoms with E-state index in [0.717, 1.165) is 11.3 Å². The minimum absolute atomic E-state index is 0.0371. The van der Waals surface area contributed by atoms with Crippen LogP contribution in [0.25, 0.3) is 0 Å². The van der Waals surface area contributed by atoms with Gasteiger partial charge in [-0.1, -0.05) is 53.6 Å². The van der Waals surface area contributed by atoms with Crippen LogP contribution in [0.1, 0.15) is 33.9 Å². The molecule has 0 aliphatic rings. The highest BCUT2D eigenvalue weighted by Crippen LogP contribution is 2.18. The smallest absolute Gasteiger partial charge is 0.253 e. The molecule has 2 amide bonds. The number of carbonyl (C=O) groups excluding carboxylic acids is 2. The third kappa shape index (κ3) is 7.04. The van der Waals surface area contributed by atoms with Gasteiger partial charge in [0.05, 0.1) is 16.6 Å². The molecule has 0 saturated heterocycles. The van der Waals surface area contributed by atoms with E-state index in [1.807, 2.05) is 27.3 Å². The quantitative estimate of drug-likeness (QED) is 0.579. The number of thioether (sulfide) groups is 1. The van der Waals surface area contributed by atoms with E-state index in [2.05, 4.69) is 39.8 Å². The van der Waals surface area contributed by atoms with Gasteiger partial charge in [-0.3, -0.25) is 9.59 Å². The van der Waals surface area contributed by atoms with Crippen LogP contribution in [0.4, 0.5) is 0 Å². The van der Waals surface area contributed by atoms with Crippen molar-refractivity contribution in [1.82, 2.24) is 15.5 Å². The molecule has 2 rings (SSSR count). The van der Waals surface area contributed by atoms with E-state index in [-0.39, 0.29) is 17.9 Å². The number of carbonyl (C=O) groups is 2. The Bertz CT molecular complexity index is 843. The summed E-state index contributed by atoms with van der Waals surface area (Å²) >= 11 is 7.77. The van der Waals surface area contributed by atoms with Crippen molar-refractivity contribution >= 4 is 35.2 Å². The number of rotatable bonds is 10. The average Bonchev–Trinajstić information content (AvgIpc) is 2.72. The second-order valence-corrected chi connectivity index (χ2v) is 8.82. The van der Waals surface area contributed by atoms with Crippen molar-refractivity contribution in [1.29, 1.82) is 0 Å². The Morgan fingerprint density at radius 1 is 1.10 bits per heavy atom. The maximum Gasteiger partial charge on any atom is 0.253 e. The molecule has 2 aromatic rings. The molecular formula is C23H30ClN3O2S. The van der Waals surface area contributed by atoms with Crippen LogP contribution in [0, 0.1) is 6.92 Å². The number of hydrogen-bond acceptors (Lipinski definition) is 4. The summed E-state index contributed by atoms with van der Waals surface area (Å²) in [4.78, 5) is 27.7. The number of nitrogens with one attached hydrogen (secondary N) is 2. The van der Waals surface area contributed by atoms with Gasteiger partial charge in [-0.25, -0.2) is 0 Å². The molecule has 0 heterocycles. The van der Waals surface area contributed by atoms with Gasteiger partial charge in [-0.2, -0.15) is 11.8 Å². The molecule has 0 saturated carbocycles. The lowest BCUT2D eigenvalue weighted by atomic mass is 10.0. The predicted molar refractivity (Wildman–Crippen MR) is 126 cm³/mol. The summed E-state index contributed by atoms with van der Waals surface area (Å²) in [6.45, 7) is 2.50. The van der Waals surface area contributed by atoms with E-state index in [1.54, 1.807) is 36.0 Å². The topological polar surface area (TPSA) is 61.4 Å². The molecule has 5 nitrogen and oxygen atoms in total. The van der Waals surface area contributed by atoms with Gasteiger partial charge in [0.1, 0.15) is 6.04 Å². The van der Waals surface area contributed by atoms with Gasteiger partial charge in [0.15, 0.2) is 0 Å². The molecule has 0 aliphatic heterocycles. The normalized spacial score (nSPS) is 13.0. The van der Waals surface area contributed by atoms with E-state index in [1.165, 1.54) is 5.56 Å². The number of amides is 2. The van der Waals surface area contributed by atoms with Crippen molar-refractivity contribution in [3.8, 4) is 0 Å². The van der Waals surface area contributed by atoms with Crippen LogP contribution in [0.3, 0.4) is 0 Å². The number of halogens is 1. The molecule has 0 spiro atoms. The lowest BCUT2D eigenvalue weighted by molar-refractivity contribution is -0.123. The lowest BCUT2D eigenvalue weighted by Crippen LogP contribution is -2.48. The van der Waals surface area contributed by atoms with Crippen molar-refractivity contribution in [3.63, 3.8) is 0 Å². The molecule has 0 radical (unpaired) electrons. The summed E-state index contributed by atoms with van der Waals surface area (Å²) in [5.41, 5.74) is 2.69. The summed E-state index contributed by atoms with van der Waals surface area (Å²) in [5, 5.41) is 6.23. The summed E-state index contributed by atoms with van der Waals surface area (Å²) in [6.07, 6.45) is 2.52. The molecular weight excluding hydrogens is 418 g/mol. The van der Waals surface area contributed by atoms with E-state index >= 15 is 0 Å². The maximum atomic E-state index is 12.9. The molecule has 0 aromatic heterocycles. The van der Waals surface area contributed by atoms with Crippen LogP contribution in [0.5, 0.6) is 0 Å². The number of nitrogens with zero attached hydrogens (tertiary/aromatic N) is 1. The summed E-state index contributed by atoms with van der Waals surface area (Å²) in [7, 11) is 3.97. The number of likely N-dealkylation sites (N-methyl/N-ethyl adjacent to an activating group) is 1. The van der Waals surface area contributed by atoms with E-state index < -0.39 is 6.04 Å². The third-order valence-electron chi connectivity index (χ3n) is 4.91. The molecule has 2 N–H and O–H groups in total. The summed E-state index contributed by atoms with van der Waals surface area (Å²) in [6, 6.07) is 14.5. The maximum absolute atomic E-state index is 12.9. The Labute approximate surface area is 188 Å². The van der Waals surface area contributed by atoms with E-state index in [4.69, 9.17) is 11.6 Å². The monoisotopic (exact) mass is 447 g/mol. The Balaban J connectivity index is 2.07. The molecule has 0 fully saturated rings. The predicted octanol–water partition coefficient (Wildman–Crippen LogP) is 3.92. The SMILES string of the molecule is CSCCC(NC(=O)c1ccccc1Cl)C(=O)NCC(c1ccc(C)cc1)N(C)C. The molecule has 2 unspecified atom stereocenters. The Morgan fingerprint density at radius 3 is 2.37 bits per heavy atom. The Hall–Kier alpha value is -2.02. The molecule has 162 valence electrons. The fourth-order valence-electron chi connectivity index (χ4n) is 3.09. The Kier molecular flexibility index (Phi) is 9.69. The van der Waals surface area contributed by atoms with Gasteiger partial charge in [-0.05, 0) is 57.1 Å². The summed E-state index contributed by atoms with van der Waals surface area (Å²) < 4.78 is 0. The van der Waals surface area contributed by atoms with Gasteiger partial charge < -0.3 is 15.5 Å². The first-order chi connectivity index (χ1) is 14.3. The second kappa shape index (κ2) is 12.0. The van der Waals surface area contributed by atoms with Gasteiger partial charge in [0.25, 0.3) is 5.91 Å². The van der Waals surface area contributed by atoms with Crippen LogP contribution in [0.15, 0.2) is 48.5 Å². The van der Waals surface area contributed by atoms with Crippen molar-refractivity contribution in [2.45, 2.75) is 25.4 Å². The van der Waals surface area contributed by atoms with Gasteiger partial charge in [0.2, 0.25) is 5.91 Å². The fourth-order valence-corrected chi connectivity index (χ4v) is 3.79. The van der Waals surface area contributed by atoms with Crippen LogP contribution in [0.2, 0.25) is 5.02 Å². The molecule has 0 bridgehead atoms. The molecule has 7 heteroatoms. The fraction of sp³-hybridized carbons (Fsp3) is 0.391. The van der Waals surface area contributed by atoms with Crippen molar-refractivity contribution in [3.05, 3.63) is 70.2 Å². The standard InChI is InChI=1S/C23H30ClN3O2S/c1-16-9-11-17(12-10-16)21(27(2)3)15-25-23(29)20(13-14-30-4)26-22(28)18-7-5-6-8-19(18)24/h5-12,20-21H,13-15H2,1-4H3,(H,25,29)(H,26,28). The highest BCUT2D eigenvalue weighted by atomic mass is 35.5. The minimum atomic E-state index is -0.623. The highest BCUT2D eigenvalue weighted by Gasteiger charge is 2.23. The van der Waals surface area contributed by atoms with Crippen LogP contribution in [-0.2, 0) is 4.79 Å². The van der Waals surface area contributed by atoms with Crippen molar-refractivity contribution in [2.75, 3.05) is 32.6 Å². The third-order valence-corrected chi connectivity index (χ3v) is 5.88.